The molecule has 0 fully saturated rings. The van der Waals surface area contributed by atoms with Gasteiger partial charge in [-0.3, -0.25) is 0 Å². The van der Waals surface area contributed by atoms with E-state index in [9.17, 15) is 26.4 Å². The monoisotopic (exact) mass is 438 g/mol. The molecule has 0 radical (unpaired) electrons. The number of carbonyl (C=O) groups excluding carboxylic acids is 1. The summed E-state index contributed by atoms with van der Waals surface area (Å²) in [4.78, 5) is 18.1. The van der Waals surface area contributed by atoms with Crippen LogP contribution >= 0.6 is 0 Å². The number of hydrogen-bond donors (Lipinski definition) is 0. The highest BCUT2D eigenvalue weighted by molar-refractivity contribution is 7.87. The molecular formula is C18H25F3N2O5S. The van der Waals surface area contributed by atoms with E-state index in [1.54, 1.807) is 20.8 Å². The van der Waals surface area contributed by atoms with E-state index in [1.165, 1.54) is 11.0 Å². The number of hydrogen-bond acceptors (Lipinski definition) is 6. The van der Waals surface area contributed by atoms with E-state index in [4.69, 9.17) is 4.74 Å². The molecule has 11 heteroatoms. The van der Waals surface area contributed by atoms with Crippen molar-refractivity contribution in [3.05, 3.63) is 23.4 Å². The molecule has 0 aliphatic carbocycles. The van der Waals surface area contributed by atoms with Crippen LogP contribution in [-0.4, -0.2) is 48.6 Å². The van der Waals surface area contributed by atoms with E-state index < -0.39 is 33.2 Å². The molecule has 7 nitrogen and oxygen atoms in total. The van der Waals surface area contributed by atoms with Gasteiger partial charge in [0.15, 0.2) is 0 Å². The molecule has 1 aliphatic rings. The number of alkyl halides is 3. The highest BCUT2D eigenvalue weighted by Crippen LogP contribution is 2.33. The van der Waals surface area contributed by atoms with Crippen molar-refractivity contribution in [2.24, 2.45) is 5.92 Å². The van der Waals surface area contributed by atoms with Crippen LogP contribution in [0.3, 0.4) is 0 Å². The van der Waals surface area contributed by atoms with Crippen LogP contribution in [0.1, 0.15) is 51.8 Å². The molecule has 29 heavy (non-hydrogen) atoms. The van der Waals surface area contributed by atoms with Crippen LogP contribution in [0.5, 0.6) is 5.88 Å². The Hall–Kier alpha value is -2.04. The second-order valence-corrected chi connectivity index (χ2v) is 9.74. The lowest BCUT2D eigenvalue weighted by Crippen LogP contribution is -2.39. The minimum Gasteiger partial charge on any atom is -0.444 e. The number of halogens is 3. The van der Waals surface area contributed by atoms with Crippen LogP contribution in [0.4, 0.5) is 18.0 Å². The van der Waals surface area contributed by atoms with E-state index in [1.807, 2.05) is 13.8 Å². The van der Waals surface area contributed by atoms with Gasteiger partial charge in [-0.15, -0.1) is 0 Å². The number of fused-ring (bicyclic) bond motifs is 1. The Labute approximate surface area is 168 Å². The molecule has 2 heterocycles. The summed E-state index contributed by atoms with van der Waals surface area (Å²) >= 11 is 0. The quantitative estimate of drug-likeness (QED) is 0.527. The van der Waals surface area contributed by atoms with E-state index in [0.717, 1.165) is 6.07 Å². The Kier molecular flexibility index (Phi) is 6.41. The number of pyridine rings is 1. The molecular weight excluding hydrogens is 413 g/mol. The van der Waals surface area contributed by atoms with Gasteiger partial charge in [0.1, 0.15) is 5.60 Å². The fourth-order valence-corrected chi connectivity index (χ4v) is 3.33. The zero-order chi connectivity index (χ0) is 22.2. The summed E-state index contributed by atoms with van der Waals surface area (Å²) in [5.74, 6) is -1.02. The minimum absolute atomic E-state index is 0.0289. The Balaban J connectivity index is 2.35. The summed E-state index contributed by atoms with van der Waals surface area (Å²) in [6.45, 7) is 9.61. The van der Waals surface area contributed by atoms with Crippen LogP contribution in [0.15, 0.2) is 12.1 Å². The molecule has 0 saturated heterocycles. The van der Waals surface area contributed by atoms with Crippen LogP contribution in [0.25, 0.3) is 0 Å². The van der Waals surface area contributed by atoms with E-state index in [-0.39, 0.29) is 18.4 Å². The molecule has 1 amide bonds. The first-order valence-corrected chi connectivity index (χ1v) is 10.5. The van der Waals surface area contributed by atoms with Crippen LogP contribution < -0.4 is 4.18 Å². The molecule has 1 atom stereocenters. The summed E-state index contributed by atoms with van der Waals surface area (Å²) in [6, 6.07) is 2.57. The number of amides is 1. The van der Waals surface area contributed by atoms with Crippen molar-refractivity contribution in [1.82, 2.24) is 9.88 Å². The molecule has 0 aromatic carbocycles. The molecule has 0 bridgehead atoms. The summed E-state index contributed by atoms with van der Waals surface area (Å²) in [5.41, 5.74) is -5.09. The van der Waals surface area contributed by atoms with Crippen molar-refractivity contribution in [3.63, 3.8) is 0 Å². The van der Waals surface area contributed by atoms with Gasteiger partial charge in [0.05, 0.1) is 5.69 Å². The van der Waals surface area contributed by atoms with Crippen molar-refractivity contribution < 1.29 is 35.3 Å². The lowest BCUT2D eigenvalue weighted by Gasteiger charge is -2.29. The van der Waals surface area contributed by atoms with Crippen LogP contribution in [0.2, 0.25) is 0 Å². The van der Waals surface area contributed by atoms with Crippen molar-refractivity contribution in [2.75, 3.05) is 13.1 Å². The number of carbonyl (C=O) groups is 1. The Morgan fingerprint density at radius 3 is 2.38 bits per heavy atom. The van der Waals surface area contributed by atoms with E-state index in [2.05, 4.69) is 9.17 Å². The molecule has 2 rings (SSSR count). The first kappa shape index (κ1) is 23.2. The number of ether oxygens (including phenoxy) is 1. The van der Waals surface area contributed by atoms with Gasteiger partial charge >= 0.3 is 21.7 Å². The summed E-state index contributed by atoms with van der Waals surface area (Å²) in [5, 5.41) is 0. The summed E-state index contributed by atoms with van der Waals surface area (Å²) < 4.78 is 70.0. The van der Waals surface area contributed by atoms with Gasteiger partial charge in [-0.1, -0.05) is 19.9 Å². The lowest BCUT2D eigenvalue weighted by atomic mass is 9.89. The normalized spacial score (nSPS) is 18.2. The zero-order valence-corrected chi connectivity index (χ0v) is 17.7. The SMILES string of the molecule is CC(C)C1CN(C(=O)OC(C)(C)C)CCc2ccc(OS(=O)(=O)C(F)(F)F)nc21. The number of nitrogens with zero attached hydrogens (tertiary/aromatic N) is 2. The largest absolute Gasteiger partial charge is 0.534 e. The molecule has 1 aromatic rings. The van der Waals surface area contributed by atoms with Gasteiger partial charge in [0.25, 0.3) is 0 Å². The average Bonchev–Trinajstić information content (AvgIpc) is 2.71. The van der Waals surface area contributed by atoms with Crippen molar-refractivity contribution in [3.8, 4) is 5.88 Å². The molecule has 0 N–H and O–H groups in total. The highest BCUT2D eigenvalue weighted by Gasteiger charge is 2.49. The van der Waals surface area contributed by atoms with Gasteiger partial charge in [0.2, 0.25) is 5.88 Å². The Morgan fingerprint density at radius 1 is 1.24 bits per heavy atom. The van der Waals surface area contributed by atoms with E-state index >= 15 is 0 Å². The first-order chi connectivity index (χ1) is 13.1. The first-order valence-electron chi connectivity index (χ1n) is 9.09. The fourth-order valence-electron chi connectivity index (χ4n) is 2.91. The maximum atomic E-state index is 12.6. The predicted molar refractivity (Wildman–Crippen MR) is 98.9 cm³/mol. The fraction of sp³-hybridized carbons (Fsp3) is 0.667. The average molecular weight is 438 g/mol. The maximum absolute atomic E-state index is 12.6. The third kappa shape index (κ3) is 5.74. The zero-order valence-electron chi connectivity index (χ0n) is 16.9. The lowest BCUT2D eigenvalue weighted by molar-refractivity contribution is -0.0501. The van der Waals surface area contributed by atoms with Gasteiger partial charge in [0, 0.05) is 25.1 Å². The summed E-state index contributed by atoms with van der Waals surface area (Å²) in [7, 11) is -5.82. The number of rotatable bonds is 3. The van der Waals surface area contributed by atoms with Gasteiger partial charge < -0.3 is 13.8 Å². The smallest absolute Gasteiger partial charge is 0.444 e. The maximum Gasteiger partial charge on any atom is 0.534 e. The van der Waals surface area contributed by atoms with Crippen molar-refractivity contribution in [1.29, 1.82) is 0 Å². The molecule has 164 valence electrons. The summed E-state index contributed by atoms with van der Waals surface area (Å²) in [6.07, 6.45) is -0.0935. The Morgan fingerprint density at radius 2 is 1.86 bits per heavy atom. The van der Waals surface area contributed by atoms with Crippen LogP contribution in [-0.2, 0) is 21.3 Å². The van der Waals surface area contributed by atoms with Gasteiger partial charge in [-0.2, -0.15) is 21.6 Å². The molecule has 1 aliphatic heterocycles. The minimum atomic E-state index is -5.82. The predicted octanol–water partition coefficient (Wildman–Crippen LogP) is 3.84. The van der Waals surface area contributed by atoms with Crippen LogP contribution in [0, 0.1) is 5.92 Å². The van der Waals surface area contributed by atoms with Gasteiger partial charge in [-0.05, 0) is 38.7 Å². The topological polar surface area (TPSA) is 85.8 Å². The highest BCUT2D eigenvalue weighted by atomic mass is 32.2. The second kappa shape index (κ2) is 8.00. The van der Waals surface area contributed by atoms with Gasteiger partial charge in [-0.25, -0.2) is 9.78 Å². The molecule has 0 spiro atoms. The molecule has 0 saturated carbocycles. The van der Waals surface area contributed by atoms with Crippen molar-refractivity contribution in [2.45, 2.75) is 58.1 Å². The number of aromatic nitrogens is 1. The second-order valence-electron chi connectivity index (χ2n) is 8.20. The van der Waals surface area contributed by atoms with Crippen molar-refractivity contribution >= 4 is 16.2 Å². The molecule has 1 unspecified atom stereocenters. The third-order valence-corrected chi connectivity index (χ3v) is 5.30. The van der Waals surface area contributed by atoms with E-state index in [0.29, 0.717) is 24.2 Å². The Bertz CT molecular complexity index is 863. The molecule has 1 aromatic heterocycles. The third-order valence-electron chi connectivity index (χ3n) is 4.34. The standard InChI is InChI=1S/C18H25F3N2O5S/c1-11(2)13-10-23(16(24)27-17(3,4)5)9-8-12-6-7-14(22-15(12)13)28-29(25,26)18(19,20)21/h6-7,11,13H,8-10H2,1-5H3.